The Balaban J connectivity index is 2.28. The van der Waals surface area contributed by atoms with E-state index < -0.39 is 24.1 Å². The van der Waals surface area contributed by atoms with Gasteiger partial charge in [0.1, 0.15) is 11.6 Å². The van der Waals surface area contributed by atoms with Crippen LogP contribution in [0.5, 0.6) is 5.75 Å². The third-order valence-electron chi connectivity index (χ3n) is 4.13. The molecule has 1 saturated heterocycles. The first-order chi connectivity index (χ1) is 9.68. The highest BCUT2D eigenvalue weighted by Crippen LogP contribution is 2.37. The van der Waals surface area contributed by atoms with Crippen LogP contribution < -0.4 is 10.2 Å². The maximum absolute atomic E-state index is 14.3. The molecule has 6 heteroatoms. The molecule has 1 fully saturated rings. The first-order valence-electron chi connectivity index (χ1n) is 6.95. The predicted molar refractivity (Wildman–Crippen MR) is 79.4 cm³/mol. The van der Waals surface area contributed by atoms with Gasteiger partial charge >= 0.3 is 7.12 Å². The molecular formula is C15H22BFO4. The highest BCUT2D eigenvalue weighted by molar-refractivity contribution is 6.62. The molecule has 0 aliphatic carbocycles. The van der Waals surface area contributed by atoms with Crippen molar-refractivity contribution in [3.8, 4) is 5.75 Å². The van der Waals surface area contributed by atoms with Crippen molar-refractivity contribution < 1.29 is 23.2 Å². The molecule has 0 spiro atoms. The molecule has 1 aromatic rings. The zero-order chi connectivity index (χ0) is 15.8. The fourth-order valence-electron chi connectivity index (χ4n) is 2.11. The SMILES string of the molecule is COCOc1cc(F)c(B2OC(C)(C)C(C)(C)O2)cc1C. The van der Waals surface area contributed by atoms with E-state index >= 15 is 0 Å². The van der Waals surface area contributed by atoms with Crippen LogP contribution in [0.25, 0.3) is 0 Å². The Morgan fingerprint density at radius 1 is 1.14 bits per heavy atom. The van der Waals surface area contributed by atoms with Crippen molar-refractivity contribution in [2.24, 2.45) is 0 Å². The number of hydrogen-bond acceptors (Lipinski definition) is 4. The molecule has 0 radical (unpaired) electrons. The van der Waals surface area contributed by atoms with Crippen LogP contribution in [0.4, 0.5) is 4.39 Å². The Hall–Kier alpha value is -1.11. The third-order valence-corrected chi connectivity index (χ3v) is 4.13. The van der Waals surface area contributed by atoms with Gasteiger partial charge in [0.05, 0.1) is 11.2 Å². The second kappa shape index (κ2) is 5.59. The minimum Gasteiger partial charge on any atom is -0.467 e. The van der Waals surface area contributed by atoms with Gasteiger partial charge in [-0.05, 0) is 40.2 Å². The molecule has 1 aliphatic heterocycles. The number of hydrogen-bond donors (Lipinski definition) is 0. The van der Waals surface area contributed by atoms with Crippen molar-refractivity contribution >= 4 is 12.6 Å². The maximum Gasteiger partial charge on any atom is 0.497 e. The van der Waals surface area contributed by atoms with Crippen molar-refractivity contribution in [3.05, 3.63) is 23.5 Å². The summed E-state index contributed by atoms with van der Waals surface area (Å²) in [5.41, 5.74) is 0.195. The summed E-state index contributed by atoms with van der Waals surface area (Å²) in [6.45, 7) is 9.68. The second-order valence-corrected chi connectivity index (χ2v) is 6.28. The van der Waals surface area contributed by atoms with Gasteiger partial charge in [-0.2, -0.15) is 0 Å². The molecule has 116 valence electrons. The molecule has 1 heterocycles. The number of halogens is 1. The van der Waals surface area contributed by atoms with Gasteiger partial charge in [-0.25, -0.2) is 4.39 Å². The fraction of sp³-hybridized carbons (Fsp3) is 0.600. The molecule has 21 heavy (non-hydrogen) atoms. The lowest BCUT2D eigenvalue weighted by atomic mass is 9.78. The van der Waals surface area contributed by atoms with Crippen molar-refractivity contribution in [2.75, 3.05) is 13.9 Å². The molecule has 0 aromatic heterocycles. The van der Waals surface area contributed by atoms with E-state index in [1.165, 1.54) is 13.2 Å². The minimum absolute atomic E-state index is 0.0795. The summed E-state index contributed by atoms with van der Waals surface area (Å²) in [6, 6.07) is 3.04. The molecule has 0 atom stereocenters. The van der Waals surface area contributed by atoms with E-state index in [-0.39, 0.29) is 6.79 Å². The standard InChI is InChI=1S/C15H22BFO4/c1-10-7-11(12(17)8-13(10)19-9-18-6)16-20-14(2,3)15(4,5)21-16/h7-8H,9H2,1-6H3. The molecule has 0 unspecified atom stereocenters. The van der Waals surface area contributed by atoms with Crippen molar-refractivity contribution in [1.29, 1.82) is 0 Å². The van der Waals surface area contributed by atoms with Crippen LogP contribution in [0.15, 0.2) is 12.1 Å². The lowest BCUT2D eigenvalue weighted by Crippen LogP contribution is -2.41. The van der Waals surface area contributed by atoms with E-state index in [2.05, 4.69) is 0 Å². The van der Waals surface area contributed by atoms with Gasteiger partial charge in [0.25, 0.3) is 0 Å². The molecule has 1 aliphatic rings. The van der Waals surface area contributed by atoms with Crippen LogP contribution in [-0.2, 0) is 14.0 Å². The summed E-state index contributed by atoms with van der Waals surface area (Å²) in [6.07, 6.45) is 0. The topological polar surface area (TPSA) is 36.9 Å². The average Bonchev–Trinajstić information content (AvgIpc) is 2.59. The normalized spacial score (nSPS) is 19.9. The van der Waals surface area contributed by atoms with E-state index in [1.807, 2.05) is 34.6 Å². The van der Waals surface area contributed by atoms with Crippen LogP contribution in [0.2, 0.25) is 0 Å². The van der Waals surface area contributed by atoms with Gasteiger partial charge in [-0.15, -0.1) is 0 Å². The molecule has 1 aromatic carbocycles. The van der Waals surface area contributed by atoms with Crippen molar-refractivity contribution in [1.82, 2.24) is 0 Å². The van der Waals surface area contributed by atoms with Gasteiger partial charge in [0.2, 0.25) is 0 Å². The molecule has 4 nitrogen and oxygen atoms in total. The lowest BCUT2D eigenvalue weighted by molar-refractivity contribution is 0.00578. The van der Waals surface area contributed by atoms with Gasteiger partial charge in [-0.3, -0.25) is 0 Å². The van der Waals surface area contributed by atoms with E-state index in [0.717, 1.165) is 5.56 Å². The molecule has 0 saturated carbocycles. The van der Waals surface area contributed by atoms with E-state index in [4.69, 9.17) is 18.8 Å². The third kappa shape index (κ3) is 3.07. The number of rotatable bonds is 4. The fourth-order valence-corrected chi connectivity index (χ4v) is 2.11. The quantitative estimate of drug-likeness (QED) is 0.631. The second-order valence-electron chi connectivity index (χ2n) is 6.28. The summed E-state index contributed by atoms with van der Waals surface area (Å²) < 4.78 is 36.2. The van der Waals surface area contributed by atoms with Crippen molar-refractivity contribution in [2.45, 2.75) is 45.8 Å². The number of aryl methyl sites for hydroxylation is 1. The average molecular weight is 296 g/mol. The molecular weight excluding hydrogens is 274 g/mol. The minimum atomic E-state index is -0.717. The summed E-state index contributed by atoms with van der Waals surface area (Å²) in [5, 5.41) is 0. The van der Waals surface area contributed by atoms with Crippen LogP contribution >= 0.6 is 0 Å². The largest absolute Gasteiger partial charge is 0.497 e. The molecule has 0 amide bonds. The monoisotopic (exact) mass is 296 g/mol. The first kappa shape index (κ1) is 16.3. The van der Waals surface area contributed by atoms with Crippen LogP contribution in [0, 0.1) is 12.7 Å². The maximum atomic E-state index is 14.3. The Labute approximate surface area is 125 Å². The van der Waals surface area contributed by atoms with Gasteiger partial charge in [-0.1, -0.05) is 6.07 Å². The highest BCUT2D eigenvalue weighted by atomic mass is 19.1. The predicted octanol–water partition coefficient (Wildman–Crippen LogP) is 2.42. The zero-order valence-corrected chi connectivity index (χ0v) is 13.5. The van der Waals surface area contributed by atoms with Crippen molar-refractivity contribution in [3.63, 3.8) is 0 Å². The number of ether oxygens (including phenoxy) is 2. The Bertz CT molecular complexity index is 515. The number of methoxy groups -OCH3 is 1. The summed E-state index contributed by atoms with van der Waals surface area (Å²) in [5.74, 6) is 0.0415. The Morgan fingerprint density at radius 2 is 1.71 bits per heavy atom. The number of benzene rings is 1. The van der Waals surface area contributed by atoms with E-state index in [1.54, 1.807) is 6.07 Å². The van der Waals surface area contributed by atoms with E-state index in [9.17, 15) is 4.39 Å². The highest BCUT2D eigenvalue weighted by Gasteiger charge is 2.52. The van der Waals surface area contributed by atoms with Crippen LogP contribution in [-0.4, -0.2) is 32.2 Å². The lowest BCUT2D eigenvalue weighted by Gasteiger charge is -2.32. The Morgan fingerprint density at radius 3 is 2.24 bits per heavy atom. The van der Waals surface area contributed by atoms with E-state index in [0.29, 0.717) is 11.2 Å². The summed E-state index contributed by atoms with van der Waals surface area (Å²) in [4.78, 5) is 0. The van der Waals surface area contributed by atoms with Gasteiger partial charge < -0.3 is 18.8 Å². The summed E-state index contributed by atoms with van der Waals surface area (Å²) in [7, 11) is 0.801. The van der Waals surface area contributed by atoms with Crippen LogP contribution in [0.1, 0.15) is 33.3 Å². The smallest absolute Gasteiger partial charge is 0.467 e. The Kier molecular flexibility index (Phi) is 4.33. The van der Waals surface area contributed by atoms with Gasteiger partial charge in [0.15, 0.2) is 6.79 Å². The van der Waals surface area contributed by atoms with Crippen LogP contribution in [0.3, 0.4) is 0 Å². The zero-order valence-electron chi connectivity index (χ0n) is 13.5. The molecule has 0 N–H and O–H groups in total. The van der Waals surface area contributed by atoms with Gasteiger partial charge in [0, 0.05) is 18.6 Å². The molecule has 0 bridgehead atoms. The first-order valence-corrected chi connectivity index (χ1v) is 6.95. The molecule has 2 rings (SSSR count). The summed E-state index contributed by atoms with van der Waals surface area (Å²) >= 11 is 0.